The van der Waals surface area contributed by atoms with Crippen molar-refractivity contribution in [2.24, 2.45) is 0 Å². The summed E-state index contributed by atoms with van der Waals surface area (Å²) in [5.41, 5.74) is -0.0186. The fraction of sp³-hybridized carbons (Fsp3) is 0.273. The zero-order valence-electron chi connectivity index (χ0n) is 8.26. The lowest BCUT2D eigenvalue weighted by Gasteiger charge is -2.04. The van der Waals surface area contributed by atoms with E-state index in [1.807, 2.05) is 24.3 Å². The molecule has 1 aromatic heterocycles. The van der Waals surface area contributed by atoms with Gasteiger partial charge in [0, 0.05) is 11.9 Å². The van der Waals surface area contributed by atoms with Crippen LogP contribution in [0.4, 0.5) is 0 Å². The van der Waals surface area contributed by atoms with Gasteiger partial charge in [0.1, 0.15) is 0 Å². The zero-order chi connectivity index (χ0) is 10.7. The van der Waals surface area contributed by atoms with E-state index < -0.39 is 0 Å². The molecule has 0 spiro atoms. The highest BCUT2D eigenvalue weighted by atomic mass is 32.1. The van der Waals surface area contributed by atoms with Gasteiger partial charge in [-0.2, -0.15) is 17.7 Å². The Kier molecular flexibility index (Phi) is 3.06. The molecule has 0 aliphatic carbocycles. The summed E-state index contributed by atoms with van der Waals surface area (Å²) in [6.07, 6.45) is 2.59. The van der Waals surface area contributed by atoms with Crippen molar-refractivity contribution in [2.45, 2.75) is 13.0 Å². The number of nitrogens with zero attached hydrogens (tertiary/aromatic N) is 2. The topological polar surface area (TPSA) is 34.9 Å². The van der Waals surface area contributed by atoms with E-state index in [1.165, 1.54) is 4.68 Å². The maximum atomic E-state index is 11.9. The summed E-state index contributed by atoms with van der Waals surface area (Å²) in [5.74, 6) is 0.765. The van der Waals surface area contributed by atoms with Gasteiger partial charge in [0.2, 0.25) is 0 Å². The van der Waals surface area contributed by atoms with E-state index in [4.69, 9.17) is 0 Å². The van der Waals surface area contributed by atoms with Crippen LogP contribution in [-0.2, 0) is 6.54 Å². The van der Waals surface area contributed by atoms with Crippen molar-refractivity contribution in [1.82, 2.24) is 9.78 Å². The third kappa shape index (κ3) is 2.04. The average Bonchev–Trinajstić information content (AvgIpc) is 2.29. The second kappa shape index (κ2) is 4.49. The zero-order valence-corrected chi connectivity index (χ0v) is 9.15. The monoisotopic (exact) mass is 220 g/mol. The molecule has 1 aromatic carbocycles. The van der Waals surface area contributed by atoms with E-state index in [2.05, 4.69) is 17.7 Å². The van der Waals surface area contributed by atoms with E-state index in [9.17, 15) is 4.79 Å². The standard InChI is InChI=1S/C11H12N2OS/c14-11-10-5-2-1-4-9(10)8-12-13(11)6-3-7-15/h1-2,4-5,8,15H,3,6-7H2. The van der Waals surface area contributed by atoms with Crippen molar-refractivity contribution in [2.75, 3.05) is 5.75 Å². The van der Waals surface area contributed by atoms with Crippen LogP contribution in [0.25, 0.3) is 10.8 Å². The molecule has 1 heterocycles. The highest BCUT2D eigenvalue weighted by molar-refractivity contribution is 7.80. The molecule has 15 heavy (non-hydrogen) atoms. The van der Waals surface area contributed by atoms with Crippen LogP contribution in [0.2, 0.25) is 0 Å². The van der Waals surface area contributed by atoms with Gasteiger partial charge >= 0.3 is 0 Å². The Morgan fingerprint density at radius 3 is 2.93 bits per heavy atom. The minimum Gasteiger partial charge on any atom is -0.267 e. The Hall–Kier alpha value is -1.29. The van der Waals surface area contributed by atoms with E-state index in [0.717, 1.165) is 22.9 Å². The Labute approximate surface area is 93.1 Å². The molecule has 0 fully saturated rings. The number of fused-ring (bicyclic) bond motifs is 1. The molecular weight excluding hydrogens is 208 g/mol. The van der Waals surface area contributed by atoms with Crippen LogP contribution in [-0.4, -0.2) is 15.5 Å². The molecule has 2 rings (SSSR count). The van der Waals surface area contributed by atoms with Crippen molar-refractivity contribution in [3.8, 4) is 0 Å². The van der Waals surface area contributed by atoms with Crippen LogP contribution in [0.5, 0.6) is 0 Å². The number of rotatable bonds is 3. The molecule has 0 saturated carbocycles. The first-order valence-electron chi connectivity index (χ1n) is 4.88. The molecule has 0 bridgehead atoms. The van der Waals surface area contributed by atoms with Crippen LogP contribution in [0.3, 0.4) is 0 Å². The van der Waals surface area contributed by atoms with E-state index in [0.29, 0.717) is 6.54 Å². The van der Waals surface area contributed by atoms with Crippen LogP contribution < -0.4 is 5.56 Å². The average molecular weight is 220 g/mol. The smallest absolute Gasteiger partial charge is 0.267 e. The molecule has 0 amide bonds. The van der Waals surface area contributed by atoms with Crippen LogP contribution in [0.15, 0.2) is 35.3 Å². The van der Waals surface area contributed by atoms with Gasteiger partial charge in [-0.05, 0) is 18.2 Å². The van der Waals surface area contributed by atoms with Gasteiger partial charge in [-0.3, -0.25) is 4.79 Å². The summed E-state index contributed by atoms with van der Waals surface area (Å²) in [5, 5.41) is 5.74. The van der Waals surface area contributed by atoms with Crippen molar-refractivity contribution in [3.05, 3.63) is 40.8 Å². The van der Waals surface area contributed by atoms with Crippen molar-refractivity contribution in [3.63, 3.8) is 0 Å². The third-order valence-electron chi connectivity index (χ3n) is 2.29. The predicted octanol–water partition coefficient (Wildman–Crippen LogP) is 1.72. The number of aryl methyl sites for hydroxylation is 1. The highest BCUT2D eigenvalue weighted by Gasteiger charge is 2.01. The number of hydrogen-bond acceptors (Lipinski definition) is 3. The van der Waals surface area contributed by atoms with E-state index >= 15 is 0 Å². The first-order chi connectivity index (χ1) is 7.33. The number of aromatic nitrogens is 2. The quantitative estimate of drug-likeness (QED) is 0.799. The van der Waals surface area contributed by atoms with Gasteiger partial charge in [-0.15, -0.1) is 0 Å². The molecule has 3 nitrogen and oxygen atoms in total. The fourth-order valence-corrected chi connectivity index (χ4v) is 1.65. The normalized spacial score (nSPS) is 10.7. The Balaban J connectivity index is 2.51. The highest BCUT2D eigenvalue weighted by Crippen LogP contribution is 2.06. The molecule has 0 atom stereocenters. The molecule has 78 valence electrons. The Bertz CT molecular complexity index is 521. The number of thiol groups is 1. The number of hydrogen-bond donors (Lipinski definition) is 1. The lowest BCUT2D eigenvalue weighted by molar-refractivity contribution is 0.577. The van der Waals surface area contributed by atoms with Gasteiger partial charge in [-0.1, -0.05) is 18.2 Å². The maximum absolute atomic E-state index is 11.9. The van der Waals surface area contributed by atoms with Crippen LogP contribution >= 0.6 is 12.6 Å². The van der Waals surface area contributed by atoms with Gasteiger partial charge in [0.15, 0.2) is 0 Å². The van der Waals surface area contributed by atoms with E-state index in [-0.39, 0.29) is 5.56 Å². The molecule has 2 aromatic rings. The van der Waals surface area contributed by atoms with Crippen LogP contribution in [0.1, 0.15) is 6.42 Å². The van der Waals surface area contributed by atoms with Crippen LogP contribution in [0, 0.1) is 0 Å². The summed E-state index contributed by atoms with van der Waals surface area (Å²) in [6.45, 7) is 0.632. The van der Waals surface area contributed by atoms with Gasteiger partial charge in [-0.25, -0.2) is 4.68 Å². The molecule has 0 radical (unpaired) electrons. The van der Waals surface area contributed by atoms with Crippen molar-refractivity contribution in [1.29, 1.82) is 0 Å². The minimum atomic E-state index is -0.0186. The molecule has 0 saturated heterocycles. The Morgan fingerprint density at radius 1 is 1.33 bits per heavy atom. The summed E-state index contributed by atoms with van der Waals surface area (Å²) >= 11 is 4.12. The summed E-state index contributed by atoms with van der Waals surface area (Å²) in [6, 6.07) is 7.50. The summed E-state index contributed by atoms with van der Waals surface area (Å²) in [4.78, 5) is 11.9. The second-order valence-corrected chi connectivity index (χ2v) is 3.78. The minimum absolute atomic E-state index is 0.0186. The molecule has 0 N–H and O–H groups in total. The fourth-order valence-electron chi connectivity index (χ4n) is 1.51. The van der Waals surface area contributed by atoms with Gasteiger partial charge < -0.3 is 0 Å². The first-order valence-corrected chi connectivity index (χ1v) is 5.52. The van der Waals surface area contributed by atoms with Crippen molar-refractivity contribution >= 4 is 23.4 Å². The largest absolute Gasteiger partial charge is 0.274 e. The lowest BCUT2D eigenvalue weighted by Crippen LogP contribution is -2.22. The molecular formula is C11H12N2OS. The maximum Gasteiger partial charge on any atom is 0.274 e. The first kappa shape index (κ1) is 10.2. The third-order valence-corrected chi connectivity index (χ3v) is 2.61. The summed E-state index contributed by atoms with van der Waals surface area (Å²) < 4.78 is 1.50. The molecule has 0 unspecified atom stereocenters. The predicted molar refractivity (Wildman–Crippen MR) is 64.5 cm³/mol. The summed E-state index contributed by atoms with van der Waals surface area (Å²) in [7, 11) is 0. The van der Waals surface area contributed by atoms with Crippen molar-refractivity contribution < 1.29 is 0 Å². The molecule has 0 aliphatic rings. The second-order valence-electron chi connectivity index (χ2n) is 3.34. The lowest BCUT2D eigenvalue weighted by atomic mass is 10.2. The van der Waals surface area contributed by atoms with E-state index in [1.54, 1.807) is 6.20 Å². The molecule has 0 aliphatic heterocycles. The van der Waals surface area contributed by atoms with Gasteiger partial charge in [0.25, 0.3) is 5.56 Å². The Morgan fingerprint density at radius 2 is 2.13 bits per heavy atom. The van der Waals surface area contributed by atoms with Gasteiger partial charge in [0.05, 0.1) is 11.6 Å². The SMILES string of the molecule is O=c1c2ccccc2cnn1CCCS. The molecule has 4 heteroatoms. The number of benzene rings is 1.